The second-order valence-corrected chi connectivity index (χ2v) is 7.20. The maximum absolute atomic E-state index is 12.1. The van der Waals surface area contributed by atoms with Gasteiger partial charge in [-0.2, -0.15) is 5.10 Å². The highest BCUT2D eigenvalue weighted by Crippen LogP contribution is 2.21. The summed E-state index contributed by atoms with van der Waals surface area (Å²) in [5.41, 5.74) is 1.37. The molecule has 26 heavy (non-hydrogen) atoms. The van der Waals surface area contributed by atoms with E-state index < -0.39 is 0 Å². The number of nitrogens with zero attached hydrogens (tertiary/aromatic N) is 3. The van der Waals surface area contributed by atoms with Gasteiger partial charge in [-0.25, -0.2) is 4.68 Å². The minimum atomic E-state index is -0.162. The third-order valence-electron chi connectivity index (χ3n) is 4.45. The molecule has 7 nitrogen and oxygen atoms in total. The monoisotopic (exact) mass is 419 g/mol. The van der Waals surface area contributed by atoms with Crippen LogP contribution in [0.2, 0.25) is 0 Å². The van der Waals surface area contributed by atoms with E-state index >= 15 is 0 Å². The van der Waals surface area contributed by atoms with Crippen molar-refractivity contribution >= 4 is 33.2 Å². The van der Waals surface area contributed by atoms with Crippen LogP contribution in [0.1, 0.15) is 12.8 Å². The first-order chi connectivity index (χ1) is 12.5. The summed E-state index contributed by atoms with van der Waals surface area (Å²) in [6.07, 6.45) is 3.46. The Morgan fingerprint density at radius 1 is 1.27 bits per heavy atom. The third kappa shape index (κ3) is 4.70. The van der Waals surface area contributed by atoms with Gasteiger partial charge in [-0.3, -0.25) is 14.5 Å². The number of anilines is 2. The van der Waals surface area contributed by atoms with E-state index in [-0.39, 0.29) is 17.5 Å². The fourth-order valence-corrected chi connectivity index (χ4v) is 3.47. The molecule has 1 saturated heterocycles. The first-order valence-corrected chi connectivity index (χ1v) is 9.38. The molecule has 2 heterocycles. The van der Waals surface area contributed by atoms with Crippen LogP contribution in [0.3, 0.4) is 0 Å². The largest absolute Gasteiger partial charge is 0.380 e. The van der Waals surface area contributed by atoms with Crippen molar-refractivity contribution in [1.29, 1.82) is 0 Å². The average Bonchev–Trinajstić information content (AvgIpc) is 2.64. The summed E-state index contributed by atoms with van der Waals surface area (Å²) in [5, 5.41) is 10.3. The van der Waals surface area contributed by atoms with E-state index in [2.05, 4.69) is 36.6 Å². The molecule has 0 unspecified atom stereocenters. The van der Waals surface area contributed by atoms with Crippen LogP contribution >= 0.6 is 15.9 Å². The lowest BCUT2D eigenvalue weighted by Gasteiger charge is -2.32. The zero-order valence-corrected chi connectivity index (χ0v) is 16.2. The Hall–Kier alpha value is -2.19. The molecule has 1 aromatic carbocycles. The molecule has 8 heteroatoms. The molecular weight excluding hydrogens is 398 g/mol. The Labute approximate surface area is 160 Å². The Morgan fingerprint density at radius 2 is 1.96 bits per heavy atom. The summed E-state index contributed by atoms with van der Waals surface area (Å²) in [5.74, 6) is 0.00103. The topological polar surface area (TPSA) is 79.3 Å². The summed E-state index contributed by atoms with van der Waals surface area (Å²) in [7, 11) is 1.62. The number of piperidine rings is 1. The van der Waals surface area contributed by atoms with Gasteiger partial charge in [-0.05, 0) is 40.9 Å². The van der Waals surface area contributed by atoms with Crippen molar-refractivity contribution < 1.29 is 4.79 Å². The molecule has 0 atom stereocenters. The van der Waals surface area contributed by atoms with Crippen molar-refractivity contribution in [3.05, 3.63) is 51.4 Å². The van der Waals surface area contributed by atoms with Crippen molar-refractivity contribution in [3.63, 3.8) is 0 Å². The van der Waals surface area contributed by atoms with E-state index in [1.807, 2.05) is 30.3 Å². The van der Waals surface area contributed by atoms with Crippen molar-refractivity contribution in [2.75, 3.05) is 30.3 Å². The molecule has 0 bridgehead atoms. The molecule has 2 N–H and O–H groups in total. The normalized spacial score (nSPS) is 15.6. The number of benzene rings is 1. The Morgan fingerprint density at radius 3 is 2.65 bits per heavy atom. The van der Waals surface area contributed by atoms with Crippen LogP contribution in [0, 0.1) is 0 Å². The lowest BCUT2D eigenvalue weighted by atomic mass is 10.0. The van der Waals surface area contributed by atoms with Crippen molar-refractivity contribution in [1.82, 2.24) is 14.7 Å². The van der Waals surface area contributed by atoms with Crippen LogP contribution in [-0.4, -0.2) is 46.3 Å². The van der Waals surface area contributed by atoms with E-state index in [1.165, 1.54) is 4.68 Å². The van der Waals surface area contributed by atoms with E-state index in [0.29, 0.717) is 16.7 Å². The first-order valence-electron chi connectivity index (χ1n) is 8.58. The molecule has 1 aliphatic heterocycles. The molecule has 2 aromatic rings. The second-order valence-electron chi connectivity index (χ2n) is 6.41. The molecule has 138 valence electrons. The Kier molecular flexibility index (Phi) is 6.05. The highest BCUT2D eigenvalue weighted by Gasteiger charge is 2.22. The zero-order valence-electron chi connectivity index (χ0n) is 14.6. The van der Waals surface area contributed by atoms with Gasteiger partial charge in [-0.15, -0.1) is 0 Å². The Balaban J connectivity index is 1.48. The number of para-hydroxylation sites is 1. The molecule has 0 spiro atoms. The van der Waals surface area contributed by atoms with Crippen LogP contribution in [0.4, 0.5) is 11.4 Å². The lowest BCUT2D eigenvalue weighted by Crippen LogP contribution is -2.42. The molecule has 1 amide bonds. The van der Waals surface area contributed by atoms with Gasteiger partial charge >= 0.3 is 0 Å². The summed E-state index contributed by atoms with van der Waals surface area (Å²) in [6, 6.07) is 9.74. The minimum absolute atomic E-state index is 0.00103. The van der Waals surface area contributed by atoms with Gasteiger partial charge in [0.15, 0.2) is 0 Å². The molecule has 1 aliphatic rings. The lowest BCUT2D eigenvalue weighted by molar-refractivity contribution is -0.117. The number of carbonyl (C=O) groups is 1. The summed E-state index contributed by atoms with van der Waals surface area (Å²) < 4.78 is 1.79. The van der Waals surface area contributed by atoms with Gasteiger partial charge < -0.3 is 10.6 Å². The van der Waals surface area contributed by atoms with Crippen LogP contribution in [-0.2, 0) is 11.8 Å². The second kappa shape index (κ2) is 8.46. The number of aromatic nitrogens is 2. The Bertz CT molecular complexity index is 816. The average molecular weight is 420 g/mol. The predicted molar refractivity (Wildman–Crippen MR) is 105 cm³/mol. The summed E-state index contributed by atoms with van der Waals surface area (Å²) >= 11 is 3.33. The number of hydrogen-bond acceptors (Lipinski definition) is 5. The third-order valence-corrected chi connectivity index (χ3v) is 5.22. The fourth-order valence-electron chi connectivity index (χ4n) is 2.99. The zero-order chi connectivity index (χ0) is 18.5. The standard InChI is InChI=1S/C18H22BrN5O2/c1-23-18(26)17(19)15(11-20-23)21-14-7-9-24(10-8-14)12-16(25)22-13-5-3-2-4-6-13/h2-6,11,14,21H,7-10,12H2,1H3,(H,22,25). The first kappa shape index (κ1) is 18.6. The number of aryl methyl sites for hydroxylation is 1. The number of likely N-dealkylation sites (tertiary alicyclic amines) is 1. The molecular formula is C18H22BrN5O2. The van der Waals surface area contributed by atoms with Gasteiger partial charge in [0.1, 0.15) is 4.47 Å². The van der Waals surface area contributed by atoms with Crippen LogP contribution < -0.4 is 16.2 Å². The van der Waals surface area contributed by atoms with Crippen molar-refractivity contribution in [3.8, 4) is 0 Å². The van der Waals surface area contributed by atoms with Crippen LogP contribution in [0.15, 0.2) is 45.8 Å². The molecule has 0 aliphatic carbocycles. The summed E-state index contributed by atoms with van der Waals surface area (Å²) in [4.78, 5) is 26.2. The number of halogens is 1. The van der Waals surface area contributed by atoms with Gasteiger partial charge in [0, 0.05) is 31.9 Å². The smallest absolute Gasteiger partial charge is 0.282 e. The van der Waals surface area contributed by atoms with Gasteiger partial charge in [0.05, 0.1) is 18.4 Å². The SMILES string of the molecule is Cn1ncc(NC2CCN(CC(=O)Nc3ccccc3)CC2)c(Br)c1=O. The molecule has 0 saturated carbocycles. The van der Waals surface area contributed by atoms with E-state index in [9.17, 15) is 9.59 Å². The van der Waals surface area contributed by atoms with Crippen LogP contribution in [0.5, 0.6) is 0 Å². The highest BCUT2D eigenvalue weighted by molar-refractivity contribution is 9.10. The number of hydrogen-bond donors (Lipinski definition) is 2. The molecule has 3 rings (SSSR count). The number of rotatable bonds is 5. The van der Waals surface area contributed by atoms with Gasteiger partial charge in [-0.1, -0.05) is 18.2 Å². The predicted octanol–water partition coefficient (Wildman–Crippen LogP) is 2.06. The van der Waals surface area contributed by atoms with E-state index in [4.69, 9.17) is 0 Å². The fraction of sp³-hybridized carbons (Fsp3) is 0.389. The van der Waals surface area contributed by atoms with E-state index in [1.54, 1.807) is 13.2 Å². The minimum Gasteiger partial charge on any atom is -0.380 e. The van der Waals surface area contributed by atoms with E-state index in [0.717, 1.165) is 31.6 Å². The van der Waals surface area contributed by atoms with Gasteiger partial charge in [0.2, 0.25) is 5.91 Å². The maximum atomic E-state index is 12.1. The molecule has 1 aromatic heterocycles. The van der Waals surface area contributed by atoms with Crippen molar-refractivity contribution in [2.45, 2.75) is 18.9 Å². The molecule has 1 fully saturated rings. The van der Waals surface area contributed by atoms with Gasteiger partial charge in [0.25, 0.3) is 5.56 Å². The quantitative estimate of drug-likeness (QED) is 0.775. The summed E-state index contributed by atoms with van der Waals surface area (Å²) in [6.45, 7) is 2.05. The highest BCUT2D eigenvalue weighted by atomic mass is 79.9. The number of nitrogens with one attached hydrogen (secondary N) is 2. The molecule has 0 radical (unpaired) electrons. The maximum Gasteiger partial charge on any atom is 0.282 e. The number of carbonyl (C=O) groups excluding carboxylic acids is 1. The van der Waals surface area contributed by atoms with Crippen molar-refractivity contribution in [2.24, 2.45) is 7.05 Å². The van der Waals surface area contributed by atoms with Crippen LogP contribution in [0.25, 0.3) is 0 Å². The number of amides is 1.